The van der Waals surface area contributed by atoms with Gasteiger partial charge in [0, 0.05) is 22.8 Å². The van der Waals surface area contributed by atoms with E-state index in [2.05, 4.69) is 20.3 Å². The van der Waals surface area contributed by atoms with Crippen LogP contribution in [0.15, 0.2) is 58.2 Å². The van der Waals surface area contributed by atoms with Crippen LogP contribution in [0.1, 0.15) is 16.1 Å². The number of hydrogen-bond donors (Lipinski definition) is 1. The third kappa shape index (κ3) is 6.16. The van der Waals surface area contributed by atoms with Crippen molar-refractivity contribution in [3.05, 3.63) is 59.2 Å². The molecule has 3 aromatic rings. The number of thiazole rings is 1. The fourth-order valence-electron chi connectivity index (χ4n) is 2.07. The van der Waals surface area contributed by atoms with Gasteiger partial charge in [0.2, 0.25) is 5.91 Å². The number of nitrogens with one attached hydrogen (secondary N) is 1. The normalized spacial score (nSPS) is 10.6. The van der Waals surface area contributed by atoms with Crippen molar-refractivity contribution in [1.29, 1.82) is 0 Å². The zero-order valence-electron chi connectivity index (χ0n) is 14.4. The van der Waals surface area contributed by atoms with Crippen LogP contribution < -0.4 is 5.32 Å². The molecule has 2 aromatic heterocycles. The van der Waals surface area contributed by atoms with E-state index in [1.165, 1.54) is 34.9 Å². The number of anilines is 1. The lowest BCUT2D eigenvalue weighted by atomic mass is 10.2. The van der Waals surface area contributed by atoms with Crippen LogP contribution >= 0.6 is 34.9 Å². The molecule has 9 heteroatoms. The van der Waals surface area contributed by atoms with E-state index in [0.717, 1.165) is 5.69 Å². The molecule has 0 aliphatic heterocycles. The highest BCUT2D eigenvalue weighted by Crippen LogP contribution is 2.22. The molecule has 0 aliphatic rings. The van der Waals surface area contributed by atoms with Crippen molar-refractivity contribution in [2.75, 3.05) is 16.8 Å². The Morgan fingerprint density at radius 1 is 1.11 bits per heavy atom. The number of rotatable bonds is 8. The Morgan fingerprint density at radius 2 is 1.93 bits per heavy atom. The summed E-state index contributed by atoms with van der Waals surface area (Å²) in [6.45, 7) is 1.87. The standard InChI is InChI=1S/C18H16N4O2S3/c1-12-9-16(26-11-15(24)21-17-19-7-8-25-17)22-18(20-12)27-10-14(23)13-5-3-2-4-6-13/h2-9H,10-11H2,1H3,(H,19,21,24). The van der Waals surface area contributed by atoms with Crippen molar-refractivity contribution in [2.45, 2.75) is 17.1 Å². The maximum atomic E-state index is 12.2. The average Bonchev–Trinajstić information content (AvgIpc) is 3.18. The zero-order valence-corrected chi connectivity index (χ0v) is 16.9. The van der Waals surface area contributed by atoms with Crippen molar-refractivity contribution in [2.24, 2.45) is 0 Å². The van der Waals surface area contributed by atoms with Gasteiger partial charge in [-0.05, 0) is 13.0 Å². The number of carbonyl (C=O) groups is 2. The summed E-state index contributed by atoms with van der Waals surface area (Å²) in [5.41, 5.74) is 1.47. The molecule has 0 fully saturated rings. The molecule has 0 saturated heterocycles. The lowest BCUT2D eigenvalue weighted by molar-refractivity contribution is -0.113. The maximum Gasteiger partial charge on any atom is 0.236 e. The number of ketones is 1. The molecule has 0 spiro atoms. The molecule has 0 atom stereocenters. The summed E-state index contributed by atoms with van der Waals surface area (Å²) < 4.78 is 0. The number of aromatic nitrogens is 3. The molecule has 1 aromatic carbocycles. The van der Waals surface area contributed by atoms with E-state index < -0.39 is 0 Å². The summed E-state index contributed by atoms with van der Waals surface area (Å²) in [7, 11) is 0. The smallest absolute Gasteiger partial charge is 0.236 e. The molecule has 0 unspecified atom stereocenters. The van der Waals surface area contributed by atoms with Gasteiger partial charge in [0.15, 0.2) is 16.1 Å². The highest BCUT2D eigenvalue weighted by molar-refractivity contribution is 8.00. The van der Waals surface area contributed by atoms with Crippen molar-refractivity contribution in [3.8, 4) is 0 Å². The van der Waals surface area contributed by atoms with Gasteiger partial charge in [-0.3, -0.25) is 9.59 Å². The summed E-state index contributed by atoms with van der Waals surface area (Å²) >= 11 is 3.99. The van der Waals surface area contributed by atoms with Crippen molar-refractivity contribution >= 4 is 51.7 Å². The van der Waals surface area contributed by atoms with Gasteiger partial charge in [-0.15, -0.1) is 11.3 Å². The van der Waals surface area contributed by atoms with Gasteiger partial charge in [0.25, 0.3) is 0 Å². The van der Waals surface area contributed by atoms with Crippen LogP contribution in [0.2, 0.25) is 0 Å². The van der Waals surface area contributed by atoms with Gasteiger partial charge in [-0.2, -0.15) is 0 Å². The molecular weight excluding hydrogens is 400 g/mol. The molecular formula is C18H16N4O2S3. The lowest BCUT2D eigenvalue weighted by Gasteiger charge is -2.06. The SMILES string of the molecule is Cc1cc(SCC(=O)Nc2nccs2)nc(SCC(=O)c2ccccc2)n1. The first-order valence-corrected chi connectivity index (χ1v) is 10.8. The third-order valence-electron chi connectivity index (χ3n) is 3.27. The largest absolute Gasteiger partial charge is 0.301 e. The van der Waals surface area contributed by atoms with Crippen molar-refractivity contribution in [1.82, 2.24) is 15.0 Å². The fraction of sp³-hybridized carbons (Fsp3) is 0.167. The van der Waals surface area contributed by atoms with Gasteiger partial charge < -0.3 is 5.32 Å². The summed E-state index contributed by atoms with van der Waals surface area (Å²) in [5.74, 6) is 0.382. The Kier molecular flexibility index (Phi) is 6.97. The number of benzene rings is 1. The Bertz CT molecular complexity index is 918. The first-order valence-electron chi connectivity index (χ1n) is 7.99. The highest BCUT2D eigenvalue weighted by atomic mass is 32.2. The Morgan fingerprint density at radius 3 is 2.67 bits per heavy atom. The van der Waals surface area contributed by atoms with E-state index in [0.29, 0.717) is 20.9 Å². The van der Waals surface area contributed by atoms with Gasteiger partial charge in [0.1, 0.15) is 5.03 Å². The minimum Gasteiger partial charge on any atom is -0.301 e. The number of hydrogen-bond acceptors (Lipinski definition) is 8. The molecule has 1 N–H and O–H groups in total. The number of nitrogens with zero attached hydrogens (tertiary/aromatic N) is 3. The molecule has 27 heavy (non-hydrogen) atoms. The van der Waals surface area contributed by atoms with Crippen molar-refractivity contribution < 1.29 is 9.59 Å². The Balaban J connectivity index is 1.55. The minimum absolute atomic E-state index is 0.0303. The monoisotopic (exact) mass is 416 g/mol. The quantitative estimate of drug-likeness (QED) is 0.258. The number of Topliss-reactive ketones (excluding diaryl/α,β-unsaturated/α-hetero) is 1. The van der Waals surface area contributed by atoms with E-state index in [9.17, 15) is 9.59 Å². The van der Waals surface area contributed by atoms with Gasteiger partial charge in [-0.25, -0.2) is 15.0 Å². The van der Waals surface area contributed by atoms with Crippen LogP contribution in [0.5, 0.6) is 0 Å². The second-order valence-corrected chi connectivity index (χ2v) is 8.21. The number of amides is 1. The van der Waals surface area contributed by atoms with Crippen LogP contribution in [0.4, 0.5) is 5.13 Å². The summed E-state index contributed by atoms with van der Waals surface area (Å²) in [6, 6.07) is 11.0. The zero-order chi connectivity index (χ0) is 19.1. The van der Waals surface area contributed by atoms with Crippen LogP contribution in [-0.4, -0.2) is 38.1 Å². The molecule has 1 amide bonds. The maximum absolute atomic E-state index is 12.2. The number of thioether (sulfide) groups is 2. The Labute approximate surface area is 169 Å². The average molecular weight is 417 g/mol. The molecule has 3 rings (SSSR count). The third-order valence-corrected chi connectivity index (χ3v) is 5.72. The summed E-state index contributed by atoms with van der Waals surface area (Å²) in [5, 5.41) is 6.35. The Hall–Kier alpha value is -2.23. The van der Waals surface area contributed by atoms with Gasteiger partial charge in [-0.1, -0.05) is 53.9 Å². The predicted molar refractivity (Wildman–Crippen MR) is 110 cm³/mol. The van der Waals surface area contributed by atoms with E-state index >= 15 is 0 Å². The molecule has 0 radical (unpaired) electrons. The molecule has 6 nitrogen and oxygen atoms in total. The van der Waals surface area contributed by atoms with Crippen LogP contribution in [0.25, 0.3) is 0 Å². The van der Waals surface area contributed by atoms with Crippen LogP contribution in [0.3, 0.4) is 0 Å². The van der Waals surface area contributed by atoms with Crippen LogP contribution in [-0.2, 0) is 4.79 Å². The number of carbonyl (C=O) groups excluding carboxylic acids is 2. The first kappa shape index (κ1) is 19.5. The summed E-state index contributed by atoms with van der Waals surface area (Å²) in [6.07, 6.45) is 1.64. The van der Waals surface area contributed by atoms with E-state index in [1.54, 1.807) is 23.7 Å². The van der Waals surface area contributed by atoms with E-state index in [-0.39, 0.29) is 23.2 Å². The fourth-order valence-corrected chi connectivity index (χ4v) is 4.23. The van der Waals surface area contributed by atoms with Gasteiger partial charge >= 0.3 is 0 Å². The molecule has 0 bridgehead atoms. The second-order valence-electron chi connectivity index (χ2n) is 5.38. The van der Waals surface area contributed by atoms with Crippen molar-refractivity contribution in [3.63, 3.8) is 0 Å². The first-order chi connectivity index (χ1) is 13.1. The molecule has 0 aliphatic carbocycles. The highest BCUT2D eigenvalue weighted by Gasteiger charge is 2.11. The topological polar surface area (TPSA) is 84.8 Å². The minimum atomic E-state index is -0.139. The lowest BCUT2D eigenvalue weighted by Crippen LogP contribution is -2.14. The van der Waals surface area contributed by atoms with E-state index in [1.807, 2.05) is 31.2 Å². The molecule has 0 saturated carbocycles. The second kappa shape index (κ2) is 9.63. The predicted octanol–water partition coefficient (Wildman–Crippen LogP) is 3.95. The molecule has 138 valence electrons. The summed E-state index contributed by atoms with van der Waals surface area (Å²) in [4.78, 5) is 37.0. The number of aryl methyl sites for hydroxylation is 1. The van der Waals surface area contributed by atoms with E-state index in [4.69, 9.17) is 0 Å². The van der Waals surface area contributed by atoms with Gasteiger partial charge in [0.05, 0.1) is 11.5 Å². The molecule has 2 heterocycles. The van der Waals surface area contributed by atoms with Crippen LogP contribution in [0, 0.1) is 6.92 Å².